The Kier molecular flexibility index (Phi) is 6.18. The molecule has 146 valence electrons. The van der Waals surface area contributed by atoms with Gasteiger partial charge in [-0.3, -0.25) is 5.32 Å². The van der Waals surface area contributed by atoms with Gasteiger partial charge < -0.3 is 11.1 Å². The summed E-state index contributed by atoms with van der Waals surface area (Å²) >= 11 is 0. The summed E-state index contributed by atoms with van der Waals surface area (Å²) in [5, 5.41) is 12.5. The number of anilines is 1. The molecule has 13 heteroatoms. The van der Waals surface area contributed by atoms with Crippen molar-refractivity contribution >= 4 is 37.7 Å². The first kappa shape index (κ1) is 20.7. The number of amides is 2. The van der Waals surface area contributed by atoms with Crippen LogP contribution >= 0.6 is 0 Å². The Bertz CT molecular complexity index is 1140. The summed E-state index contributed by atoms with van der Waals surface area (Å²) in [7, 11) is -8.22. The highest BCUT2D eigenvalue weighted by atomic mass is 32.2. The van der Waals surface area contributed by atoms with E-state index in [0.717, 1.165) is 12.1 Å². The number of nitriles is 1. The number of nitrogens with one attached hydrogen (secondary N) is 3. The van der Waals surface area contributed by atoms with E-state index in [4.69, 9.17) is 11.0 Å². The fourth-order valence-corrected chi connectivity index (χ4v) is 3.73. The van der Waals surface area contributed by atoms with E-state index in [1.807, 2.05) is 10.0 Å². The Morgan fingerprint density at radius 3 is 2.14 bits per heavy atom. The summed E-state index contributed by atoms with van der Waals surface area (Å²) < 4.78 is 53.2. The number of nitrogens with two attached hydrogens (primary N) is 1. The number of hydrogen-bond acceptors (Lipinski definition) is 6. The molecule has 0 bridgehead atoms. The predicted molar refractivity (Wildman–Crippen MR) is 99.8 cm³/mol. The Morgan fingerprint density at radius 2 is 1.57 bits per heavy atom. The summed E-state index contributed by atoms with van der Waals surface area (Å²) in [6.07, 6.45) is 1.43. The standard InChI is InChI=1S/C15H14N6O5S2/c16-10-18-14(17)20-27(23,24)13-8-6-11(7-9-13)19-15(22)21-28(25,26)12-4-2-1-3-5-12/h1-9H,(H3,17,18,20)(H2,19,21,22). The molecule has 28 heavy (non-hydrogen) atoms. The summed E-state index contributed by atoms with van der Waals surface area (Å²) in [6, 6.07) is 11.0. The summed E-state index contributed by atoms with van der Waals surface area (Å²) in [4.78, 5) is 11.6. The molecule has 2 rings (SSSR count). The Balaban J connectivity index is 2.09. The molecule has 0 aromatic heterocycles. The lowest BCUT2D eigenvalue weighted by Crippen LogP contribution is -2.34. The van der Waals surface area contributed by atoms with Crippen molar-refractivity contribution in [2.45, 2.75) is 9.79 Å². The van der Waals surface area contributed by atoms with Crippen LogP contribution in [0.1, 0.15) is 0 Å². The zero-order valence-corrected chi connectivity index (χ0v) is 15.7. The molecule has 0 atom stereocenters. The van der Waals surface area contributed by atoms with E-state index in [2.05, 4.69) is 9.71 Å². The largest absolute Gasteiger partial charge is 0.368 e. The monoisotopic (exact) mass is 422 g/mol. The van der Waals surface area contributed by atoms with Gasteiger partial charge >= 0.3 is 6.03 Å². The molecule has 0 fully saturated rings. The number of guanidine groups is 1. The van der Waals surface area contributed by atoms with E-state index in [-0.39, 0.29) is 15.5 Å². The maximum Gasteiger partial charge on any atom is 0.333 e. The number of rotatable bonds is 5. The topological polar surface area (TPSA) is 184 Å². The third-order valence-electron chi connectivity index (χ3n) is 3.09. The van der Waals surface area contributed by atoms with Crippen LogP contribution in [0, 0.1) is 11.5 Å². The molecule has 0 spiro atoms. The highest BCUT2D eigenvalue weighted by Crippen LogP contribution is 2.16. The van der Waals surface area contributed by atoms with Crippen molar-refractivity contribution in [3.8, 4) is 6.19 Å². The quantitative estimate of drug-likeness (QED) is 0.229. The maximum atomic E-state index is 12.1. The third-order valence-corrected chi connectivity index (χ3v) is 5.74. The molecule has 5 N–H and O–H groups in total. The van der Waals surface area contributed by atoms with Crippen LogP contribution in [-0.2, 0) is 20.0 Å². The van der Waals surface area contributed by atoms with E-state index in [0.29, 0.717) is 0 Å². The average molecular weight is 422 g/mol. The first-order valence-electron chi connectivity index (χ1n) is 7.38. The maximum absolute atomic E-state index is 12.1. The number of nitrogens with zero attached hydrogens (tertiary/aromatic N) is 2. The molecule has 2 aromatic carbocycles. The van der Waals surface area contributed by atoms with E-state index in [1.165, 1.54) is 42.6 Å². The van der Waals surface area contributed by atoms with Crippen molar-refractivity contribution in [1.29, 1.82) is 5.26 Å². The lowest BCUT2D eigenvalue weighted by molar-refractivity contribution is 0.256. The normalized spacial score (nSPS) is 11.9. The molecule has 0 saturated heterocycles. The lowest BCUT2D eigenvalue weighted by atomic mass is 10.3. The van der Waals surface area contributed by atoms with E-state index in [9.17, 15) is 21.6 Å². The number of benzene rings is 2. The van der Waals surface area contributed by atoms with E-state index < -0.39 is 32.0 Å². The molecule has 2 aromatic rings. The number of urea groups is 1. The van der Waals surface area contributed by atoms with Gasteiger partial charge in [-0.05, 0) is 36.4 Å². The van der Waals surface area contributed by atoms with Crippen LogP contribution in [0.25, 0.3) is 0 Å². The molecule has 0 unspecified atom stereocenters. The molecule has 11 nitrogen and oxygen atoms in total. The second-order valence-electron chi connectivity index (χ2n) is 5.09. The van der Waals surface area contributed by atoms with Gasteiger partial charge in [0.25, 0.3) is 20.0 Å². The Labute approximate surface area is 161 Å². The molecule has 0 aliphatic rings. The van der Waals surface area contributed by atoms with E-state index in [1.54, 1.807) is 6.07 Å². The minimum atomic E-state index is -4.17. The van der Waals surface area contributed by atoms with Gasteiger partial charge in [0.2, 0.25) is 5.96 Å². The van der Waals surface area contributed by atoms with Crippen molar-refractivity contribution in [3.63, 3.8) is 0 Å². The zero-order valence-electron chi connectivity index (χ0n) is 14.0. The van der Waals surface area contributed by atoms with Gasteiger partial charge in [-0.25, -0.2) is 17.9 Å². The SMILES string of the molecule is N#CN/C(N)=N/S(=O)(=O)c1ccc(NC(=O)NS(=O)(=O)c2ccccc2)cc1. The zero-order chi connectivity index (χ0) is 20.8. The minimum absolute atomic E-state index is 0.0898. The first-order valence-corrected chi connectivity index (χ1v) is 10.3. The lowest BCUT2D eigenvalue weighted by Gasteiger charge is -2.09. The van der Waals surface area contributed by atoms with Gasteiger partial charge in [0, 0.05) is 5.69 Å². The molecular weight excluding hydrogens is 408 g/mol. The van der Waals surface area contributed by atoms with Crippen molar-refractivity contribution in [3.05, 3.63) is 54.6 Å². The van der Waals surface area contributed by atoms with Crippen molar-refractivity contribution in [1.82, 2.24) is 10.0 Å². The minimum Gasteiger partial charge on any atom is -0.368 e. The van der Waals surface area contributed by atoms with Crippen LogP contribution in [0.2, 0.25) is 0 Å². The van der Waals surface area contributed by atoms with E-state index >= 15 is 0 Å². The summed E-state index contributed by atoms with van der Waals surface area (Å²) in [5.41, 5.74) is 5.36. The molecule has 0 heterocycles. The average Bonchev–Trinajstić information content (AvgIpc) is 2.62. The van der Waals surface area contributed by atoms with Crippen LogP contribution in [0.4, 0.5) is 10.5 Å². The number of hydrogen-bond donors (Lipinski definition) is 4. The smallest absolute Gasteiger partial charge is 0.333 e. The Hall–Kier alpha value is -3.63. The molecule has 2 amide bonds. The van der Waals surface area contributed by atoms with Crippen molar-refractivity contribution in [2.75, 3.05) is 5.32 Å². The Morgan fingerprint density at radius 1 is 0.964 bits per heavy atom. The second-order valence-corrected chi connectivity index (χ2v) is 8.37. The van der Waals surface area contributed by atoms with Gasteiger partial charge in [0.05, 0.1) is 9.79 Å². The predicted octanol–water partition coefficient (Wildman–Crippen LogP) is 0.271. The summed E-state index contributed by atoms with van der Waals surface area (Å²) in [6.45, 7) is 0. The number of carbonyl (C=O) groups is 1. The second kappa shape index (κ2) is 8.37. The molecule has 0 aliphatic carbocycles. The molecule has 0 radical (unpaired) electrons. The van der Waals surface area contributed by atoms with Crippen molar-refractivity contribution in [2.24, 2.45) is 10.1 Å². The van der Waals surface area contributed by atoms with Gasteiger partial charge in [-0.15, -0.1) is 4.40 Å². The number of sulfonamides is 2. The van der Waals surface area contributed by atoms with Gasteiger partial charge in [-0.2, -0.15) is 13.7 Å². The first-order chi connectivity index (χ1) is 13.1. The van der Waals surface area contributed by atoms with Crippen molar-refractivity contribution < 1.29 is 21.6 Å². The number of carbonyl (C=O) groups excluding carboxylic acids is 1. The highest BCUT2D eigenvalue weighted by Gasteiger charge is 2.18. The van der Waals surface area contributed by atoms with Crippen LogP contribution in [0.3, 0.4) is 0 Å². The van der Waals surface area contributed by atoms with Gasteiger partial charge in [-0.1, -0.05) is 18.2 Å². The van der Waals surface area contributed by atoms with Gasteiger partial charge in [0.1, 0.15) is 0 Å². The van der Waals surface area contributed by atoms with Gasteiger partial charge in [0.15, 0.2) is 6.19 Å². The van der Waals surface area contributed by atoms with Crippen LogP contribution in [0.5, 0.6) is 0 Å². The highest BCUT2D eigenvalue weighted by molar-refractivity contribution is 7.90. The fraction of sp³-hybridized carbons (Fsp3) is 0. The molecule has 0 aliphatic heterocycles. The third kappa shape index (κ3) is 5.43. The molecule has 0 saturated carbocycles. The summed E-state index contributed by atoms with van der Waals surface area (Å²) in [5.74, 6) is -0.602. The fourth-order valence-electron chi connectivity index (χ4n) is 1.91. The van der Waals surface area contributed by atoms with Crippen LogP contribution in [-0.4, -0.2) is 28.8 Å². The van der Waals surface area contributed by atoms with Crippen LogP contribution in [0.15, 0.2) is 68.8 Å². The van der Waals surface area contributed by atoms with Crippen LogP contribution < -0.4 is 21.1 Å². The molecular formula is C15H14N6O5S2.